The van der Waals surface area contributed by atoms with Crippen LogP contribution in [0.5, 0.6) is 0 Å². The molecule has 0 saturated carbocycles. The fourth-order valence-corrected chi connectivity index (χ4v) is 3.45. The third kappa shape index (κ3) is 4.28. The van der Waals surface area contributed by atoms with Gasteiger partial charge in [0, 0.05) is 5.92 Å². The zero-order valence-electron chi connectivity index (χ0n) is 15.1. The number of carboxylic acids is 1. The number of aliphatic hydroxyl groups is 1. The van der Waals surface area contributed by atoms with Crippen LogP contribution in [0.25, 0.3) is 11.1 Å². The van der Waals surface area contributed by atoms with E-state index in [2.05, 4.69) is 5.32 Å². The maximum absolute atomic E-state index is 12.1. The molecule has 0 heterocycles. The van der Waals surface area contributed by atoms with Crippen LogP contribution in [-0.2, 0) is 9.53 Å². The van der Waals surface area contributed by atoms with Gasteiger partial charge in [0.1, 0.15) is 12.6 Å². The first kappa shape index (κ1) is 18.9. The van der Waals surface area contributed by atoms with Gasteiger partial charge in [0.25, 0.3) is 0 Å². The van der Waals surface area contributed by atoms with Crippen LogP contribution in [-0.4, -0.2) is 41.0 Å². The van der Waals surface area contributed by atoms with E-state index in [4.69, 9.17) is 4.74 Å². The molecule has 2 aromatic carbocycles. The molecule has 2 atom stereocenters. The minimum absolute atomic E-state index is 0.0797. The minimum Gasteiger partial charge on any atom is -0.480 e. The molecule has 27 heavy (non-hydrogen) atoms. The molecule has 0 saturated heterocycles. The Morgan fingerprint density at radius 2 is 1.59 bits per heavy atom. The molecule has 2 aromatic rings. The van der Waals surface area contributed by atoms with Gasteiger partial charge in [0.05, 0.1) is 6.10 Å². The van der Waals surface area contributed by atoms with Crippen molar-refractivity contribution in [3.63, 3.8) is 0 Å². The van der Waals surface area contributed by atoms with Gasteiger partial charge in [-0.15, -0.1) is 0 Å². The SMILES string of the molecule is C[C@@H](O)CC[C@H](NC(=O)OCC1c2ccccc2-c2ccccc21)C(=O)O. The van der Waals surface area contributed by atoms with Crippen molar-refractivity contribution in [1.82, 2.24) is 5.32 Å². The van der Waals surface area contributed by atoms with E-state index in [-0.39, 0.29) is 25.4 Å². The van der Waals surface area contributed by atoms with Gasteiger partial charge in [0.2, 0.25) is 0 Å². The van der Waals surface area contributed by atoms with Crippen molar-refractivity contribution < 1.29 is 24.5 Å². The molecule has 0 spiro atoms. The smallest absolute Gasteiger partial charge is 0.407 e. The lowest BCUT2D eigenvalue weighted by Gasteiger charge is -2.18. The molecule has 0 aliphatic heterocycles. The Bertz CT molecular complexity index is 787. The summed E-state index contributed by atoms with van der Waals surface area (Å²) in [5.41, 5.74) is 4.44. The second kappa shape index (κ2) is 8.22. The summed E-state index contributed by atoms with van der Waals surface area (Å²) in [6.45, 7) is 1.70. The van der Waals surface area contributed by atoms with Gasteiger partial charge >= 0.3 is 12.1 Å². The van der Waals surface area contributed by atoms with Crippen LogP contribution in [0.15, 0.2) is 48.5 Å². The molecule has 6 heteroatoms. The number of rotatable bonds is 7. The zero-order chi connectivity index (χ0) is 19.4. The van der Waals surface area contributed by atoms with Gasteiger partial charge < -0.3 is 20.3 Å². The number of amides is 1. The summed E-state index contributed by atoms with van der Waals surface area (Å²) in [6, 6.07) is 14.9. The van der Waals surface area contributed by atoms with E-state index >= 15 is 0 Å². The lowest BCUT2D eigenvalue weighted by molar-refractivity contribution is -0.139. The molecule has 0 unspecified atom stereocenters. The Hall–Kier alpha value is -2.86. The number of carbonyl (C=O) groups excluding carboxylic acids is 1. The Kier molecular flexibility index (Phi) is 5.76. The second-order valence-electron chi connectivity index (χ2n) is 6.79. The summed E-state index contributed by atoms with van der Waals surface area (Å²) < 4.78 is 5.35. The average Bonchev–Trinajstić information content (AvgIpc) is 2.97. The monoisotopic (exact) mass is 369 g/mol. The maximum Gasteiger partial charge on any atom is 0.407 e. The number of aliphatic hydroxyl groups excluding tert-OH is 1. The number of benzene rings is 2. The lowest BCUT2D eigenvalue weighted by atomic mass is 9.98. The van der Waals surface area contributed by atoms with E-state index in [1.54, 1.807) is 6.92 Å². The third-order valence-electron chi connectivity index (χ3n) is 4.81. The molecule has 0 radical (unpaired) electrons. The minimum atomic E-state index is -1.15. The number of aliphatic carboxylic acids is 1. The molecular formula is C21H23NO5. The van der Waals surface area contributed by atoms with E-state index in [1.165, 1.54) is 0 Å². The third-order valence-corrected chi connectivity index (χ3v) is 4.81. The van der Waals surface area contributed by atoms with Crippen LogP contribution in [0.3, 0.4) is 0 Å². The summed E-state index contributed by atoms with van der Waals surface area (Å²) >= 11 is 0. The Labute approximate surface area is 157 Å². The van der Waals surface area contributed by atoms with Crippen LogP contribution >= 0.6 is 0 Å². The highest BCUT2D eigenvalue weighted by molar-refractivity contribution is 5.81. The number of fused-ring (bicyclic) bond motifs is 3. The van der Waals surface area contributed by atoms with Crippen LogP contribution < -0.4 is 5.32 Å². The Balaban J connectivity index is 1.66. The van der Waals surface area contributed by atoms with Crippen molar-refractivity contribution >= 4 is 12.1 Å². The highest BCUT2D eigenvalue weighted by Crippen LogP contribution is 2.44. The molecular weight excluding hydrogens is 346 g/mol. The van der Waals surface area contributed by atoms with Gasteiger partial charge in [-0.05, 0) is 42.0 Å². The molecule has 142 valence electrons. The molecule has 1 aliphatic rings. The summed E-state index contributed by atoms with van der Waals surface area (Å²) in [6.07, 6.45) is -0.983. The molecule has 3 rings (SSSR count). The molecule has 0 aromatic heterocycles. The van der Waals surface area contributed by atoms with E-state index in [0.717, 1.165) is 22.3 Å². The molecule has 0 fully saturated rings. The Morgan fingerprint density at radius 1 is 1.04 bits per heavy atom. The van der Waals surface area contributed by atoms with Crippen LogP contribution in [0.4, 0.5) is 4.79 Å². The highest BCUT2D eigenvalue weighted by Gasteiger charge is 2.29. The van der Waals surface area contributed by atoms with Crippen molar-refractivity contribution in [2.45, 2.75) is 37.8 Å². The fourth-order valence-electron chi connectivity index (χ4n) is 3.45. The van der Waals surface area contributed by atoms with E-state index < -0.39 is 24.2 Å². The predicted octanol–water partition coefficient (Wildman–Crippen LogP) is 3.14. The first-order chi connectivity index (χ1) is 13.0. The van der Waals surface area contributed by atoms with Crippen molar-refractivity contribution in [1.29, 1.82) is 0 Å². The number of alkyl carbamates (subject to hydrolysis) is 1. The molecule has 1 amide bonds. The molecule has 1 aliphatic carbocycles. The molecule has 3 N–H and O–H groups in total. The van der Waals surface area contributed by atoms with Gasteiger partial charge in [-0.2, -0.15) is 0 Å². The number of hydrogen-bond donors (Lipinski definition) is 3. The van der Waals surface area contributed by atoms with Crippen molar-refractivity contribution in [3.8, 4) is 11.1 Å². The summed E-state index contributed by atoms with van der Waals surface area (Å²) in [5.74, 6) is -1.23. The summed E-state index contributed by atoms with van der Waals surface area (Å²) in [4.78, 5) is 23.4. The van der Waals surface area contributed by atoms with E-state index in [0.29, 0.717) is 0 Å². The van der Waals surface area contributed by atoms with Gasteiger partial charge in [-0.1, -0.05) is 48.5 Å². The number of ether oxygens (including phenoxy) is 1. The van der Waals surface area contributed by atoms with Crippen LogP contribution in [0.1, 0.15) is 36.8 Å². The number of carbonyl (C=O) groups is 2. The zero-order valence-corrected chi connectivity index (χ0v) is 15.1. The van der Waals surface area contributed by atoms with Crippen molar-refractivity contribution in [2.24, 2.45) is 0 Å². The highest BCUT2D eigenvalue weighted by atomic mass is 16.5. The van der Waals surface area contributed by atoms with Gasteiger partial charge in [0.15, 0.2) is 0 Å². The summed E-state index contributed by atoms with van der Waals surface area (Å²) in [5, 5.41) is 20.9. The first-order valence-corrected chi connectivity index (χ1v) is 8.99. The molecule has 0 bridgehead atoms. The van der Waals surface area contributed by atoms with E-state index in [1.807, 2.05) is 48.5 Å². The Morgan fingerprint density at radius 3 is 2.11 bits per heavy atom. The topological polar surface area (TPSA) is 95.9 Å². The van der Waals surface area contributed by atoms with Gasteiger partial charge in [-0.3, -0.25) is 0 Å². The van der Waals surface area contributed by atoms with Crippen molar-refractivity contribution in [3.05, 3.63) is 59.7 Å². The van der Waals surface area contributed by atoms with Gasteiger partial charge in [-0.25, -0.2) is 9.59 Å². The number of nitrogens with one attached hydrogen (secondary N) is 1. The standard InChI is InChI=1S/C21H23NO5/c1-13(23)10-11-19(20(24)25)22-21(26)27-12-18-16-8-4-2-6-14(16)15-7-3-5-9-17(15)18/h2-9,13,18-19,23H,10-12H2,1H3,(H,22,26)(H,24,25)/t13-,19+/m1/s1. The van der Waals surface area contributed by atoms with Crippen molar-refractivity contribution in [2.75, 3.05) is 6.61 Å². The van der Waals surface area contributed by atoms with Crippen LogP contribution in [0.2, 0.25) is 0 Å². The average molecular weight is 369 g/mol. The summed E-state index contributed by atoms with van der Waals surface area (Å²) in [7, 11) is 0. The lowest BCUT2D eigenvalue weighted by Crippen LogP contribution is -2.41. The number of carboxylic acid groups (broad SMARTS) is 1. The predicted molar refractivity (Wildman–Crippen MR) is 101 cm³/mol. The maximum atomic E-state index is 12.1. The second-order valence-corrected chi connectivity index (χ2v) is 6.79. The fraction of sp³-hybridized carbons (Fsp3) is 0.333. The first-order valence-electron chi connectivity index (χ1n) is 8.99. The van der Waals surface area contributed by atoms with Crippen LogP contribution in [0, 0.1) is 0 Å². The largest absolute Gasteiger partial charge is 0.480 e. The molecule has 6 nitrogen and oxygen atoms in total. The quantitative estimate of drug-likeness (QED) is 0.697. The normalized spacial score (nSPS) is 14.7. The van der Waals surface area contributed by atoms with E-state index in [9.17, 15) is 19.8 Å². The number of hydrogen-bond acceptors (Lipinski definition) is 4.